The van der Waals surface area contributed by atoms with Crippen LogP contribution >= 0.6 is 11.8 Å². The molecule has 1 aromatic heterocycles. The number of nitrogens with zero attached hydrogens (tertiary/aromatic N) is 3. The summed E-state index contributed by atoms with van der Waals surface area (Å²) in [6.07, 6.45) is 0. The molecule has 0 aliphatic carbocycles. The molecule has 0 fully saturated rings. The van der Waals surface area contributed by atoms with Gasteiger partial charge in [0.1, 0.15) is 6.07 Å². The first kappa shape index (κ1) is 13.6. The minimum absolute atomic E-state index is 0.0633. The number of carbonyl (C=O) groups is 1. The van der Waals surface area contributed by atoms with Gasteiger partial charge in [0.25, 0.3) is 5.91 Å². The first-order valence-corrected chi connectivity index (χ1v) is 6.99. The monoisotopic (exact) mass is 306 g/mol. The zero-order valence-corrected chi connectivity index (χ0v) is 11.4. The third-order valence-electron chi connectivity index (χ3n) is 3.01. The van der Waals surface area contributed by atoms with Crippen LogP contribution in [-0.2, 0) is 6.54 Å². The maximum atomic E-state index is 13.6. The van der Waals surface area contributed by atoms with Crippen LogP contribution in [0.4, 0.5) is 14.6 Å². The van der Waals surface area contributed by atoms with E-state index in [9.17, 15) is 13.6 Å². The van der Waals surface area contributed by atoms with Gasteiger partial charge in [-0.2, -0.15) is 5.26 Å². The van der Waals surface area contributed by atoms with Gasteiger partial charge in [-0.1, -0.05) is 17.8 Å². The van der Waals surface area contributed by atoms with Crippen molar-refractivity contribution in [1.82, 2.24) is 9.55 Å². The fourth-order valence-corrected chi connectivity index (χ4v) is 2.98. The lowest BCUT2D eigenvalue weighted by atomic mass is 10.2. The van der Waals surface area contributed by atoms with Crippen molar-refractivity contribution < 1.29 is 13.6 Å². The Bertz CT molecular complexity index is 781. The third-order valence-corrected chi connectivity index (χ3v) is 3.97. The summed E-state index contributed by atoms with van der Waals surface area (Å²) in [5, 5.41) is 12.1. The maximum absolute atomic E-state index is 13.6. The number of hydrogen-bond donors (Lipinski definition) is 1. The molecule has 0 unspecified atom stereocenters. The number of hydrogen-bond acceptors (Lipinski definition) is 4. The maximum Gasteiger partial charge on any atom is 0.259 e. The van der Waals surface area contributed by atoms with Crippen LogP contribution in [0.2, 0.25) is 0 Å². The Morgan fingerprint density at radius 3 is 3.05 bits per heavy atom. The number of imidazole rings is 1. The van der Waals surface area contributed by atoms with E-state index in [0.717, 1.165) is 17.9 Å². The number of carbonyl (C=O) groups excluding carboxylic acids is 1. The molecule has 21 heavy (non-hydrogen) atoms. The van der Waals surface area contributed by atoms with E-state index in [1.54, 1.807) is 4.57 Å². The van der Waals surface area contributed by atoms with Crippen LogP contribution < -0.4 is 5.32 Å². The van der Waals surface area contributed by atoms with E-state index in [0.29, 0.717) is 11.7 Å². The molecule has 8 heteroatoms. The lowest BCUT2D eigenvalue weighted by Crippen LogP contribution is -2.16. The van der Waals surface area contributed by atoms with Crippen molar-refractivity contribution in [2.24, 2.45) is 0 Å². The number of rotatable bonds is 2. The highest BCUT2D eigenvalue weighted by atomic mass is 32.2. The predicted molar refractivity (Wildman–Crippen MR) is 72.0 cm³/mol. The Labute approximate surface area is 122 Å². The molecule has 0 radical (unpaired) electrons. The molecule has 0 atom stereocenters. The van der Waals surface area contributed by atoms with Gasteiger partial charge >= 0.3 is 0 Å². The molecule has 2 aromatic rings. The van der Waals surface area contributed by atoms with Crippen molar-refractivity contribution in [3.8, 4) is 6.07 Å². The van der Waals surface area contributed by atoms with Crippen LogP contribution in [0.1, 0.15) is 16.1 Å². The fraction of sp³-hybridized carbons (Fsp3) is 0.154. The van der Waals surface area contributed by atoms with Gasteiger partial charge < -0.3 is 9.88 Å². The molecule has 1 N–H and O–H groups in total. The third kappa shape index (κ3) is 2.25. The van der Waals surface area contributed by atoms with E-state index in [4.69, 9.17) is 5.26 Å². The minimum Gasteiger partial charge on any atom is -0.308 e. The van der Waals surface area contributed by atoms with E-state index < -0.39 is 23.1 Å². The quantitative estimate of drug-likeness (QED) is 0.925. The fourth-order valence-electron chi connectivity index (χ4n) is 2.03. The molecular formula is C13H8F2N4OS. The summed E-state index contributed by atoms with van der Waals surface area (Å²) in [5.41, 5.74) is -0.222. The summed E-state index contributed by atoms with van der Waals surface area (Å²) in [5.74, 6) is -2.30. The topological polar surface area (TPSA) is 70.7 Å². The Balaban J connectivity index is 1.93. The predicted octanol–water partition coefficient (Wildman–Crippen LogP) is 2.39. The van der Waals surface area contributed by atoms with Gasteiger partial charge in [-0.05, 0) is 12.1 Å². The van der Waals surface area contributed by atoms with E-state index in [-0.39, 0.29) is 11.5 Å². The molecule has 2 heterocycles. The highest BCUT2D eigenvalue weighted by Gasteiger charge is 2.24. The number of nitrogens with one attached hydrogen (secondary N) is 1. The molecule has 1 amide bonds. The van der Waals surface area contributed by atoms with Crippen LogP contribution in [0.3, 0.4) is 0 Å². The van der Waals surface area contributed by atoms with E-state index in [1.165, 1.54) is 17.8 Å². The van der Waals surface area contributed by atoms with Gasteiger partial charge in [-0.3, -0.25) is 4.79 Å². The molecular weight excluding hydrogens is 298 g/mol. The molecule has 0 bridgehead atoms. The SMILES string of the molecule is N#Cc1c(NC(=O)c2cccc(F)c2F)nc2n1CCS2. The molecule has 1 aromatic carbocycles. The van der Waals surface area contributed by atoms with E-state index in [1.807, 2.05) is 6.07 Å². The summed E-state index contributed by atoms with van der Waals surface area (Å²) in [6.45, 7) is 0.625. The Kier molecular flexibility index (Phi) is 3.35. The zero-order valence-electron chi connectivity index (χ0n) is 10.6. The Morgan fingerprint density at radius 1 is 1.48 bits per heavy atom. The smallest absolute Gasteiger partial charge is 0.259 e. The van der Waals surface area contributed by atoms with Crippen LogP contribution in [-0.4, -0.2) is 21.2 Å². The van der Waals surface area contributed by atoms with Gasteiger partial charge in [-0.25, -0.2) is 13.8 Å². The van der Waals surface area contributed by atoms with Crippen molar-refractivity contribution in [2.45, 2.75) is 11.7 Å². The molecule has 5 nitrogen and oxygen atoms in total. The lowest BCUT2D eigenvalue weighted by molar-refractivity contribution is 0.102. The average molecular weight is 306 g/mol. The normalized spacial score (nSPS) is 12.8. The van der Waals surface area contributed by atoms with Gasteiger partial charge in [-0.15, -0.1) is 0 Å². The van der Waals surface area contributed by atoms with Crippen molar-refractivity contribution >= 4 is 23.5 Å². The average Bonchev–Trinajstić information content (AvgIpc) is 3.02. The highest BCUT2D eigenvalue weighted by Crippen LogP contribution is 2.30. The van der Waals surface area contributed by atoms with Gasteiger partial charge in [0.2, 0.25) is 0 Å². The number of thioether (sulfide) groups is 1. The zero-order chi connectivity index (χ0) is 15.0. The first-order chi connectivity index (χ1) is 10.1. The van der Waals surface area contributed by atoms with Crippen LogP contribution in [0, 0.1) is 23.0 Å². The number of nitriles is 1. The molecule has 0 spiro atoms. The molecule has 106 valence electrons. The van der Waals surface area contributed by atoms with Gasteiger partial charge in [0, 0.05) is 12.3 Å². The Hall–Kier alpha value is -2.40. The number of amides is 1. The van der Waals surface area contributed by atoms with Crippen LogP contribution in [0.15, 0.2) is 23.4 Å². The molecule has 3 rings (SSSR count). The van der Waals surface area contributed by atoms with Crippen molar-refractivity contribution in [1.29, 1.82) is 5.26 Å². The molecule has 1 aliphatic heterocycles. The number of anilines is 1. The second-order valence-electron chi connectivity index (χ2n) is 4.26. The minimum atomic E-state index is -1.23. The second kappa shape index (κ2) is 5.18. The van der Waals surface area contributed by atoms with Crippen molar-refractivity contribution in [3.05, 3.63) is 41.1 Å². The number of fused-ring (bicyclic) bond motifs is 1. The molecule has 0 saturated heterocycles. The number of aromatic nitrogens is 2. The Morgan fingerprint density at radius 2 is 2.29 bits per heavy atom. The number of benzene rings is 1. The summed E-state index contributed by atoms with van der Waals surface area (Å²) in [4.78, 5) is 16.1. The van der Waals surface area contributed by atoms with Crippen LogP contribution in [0.25, 0.3) is 0 Å². The van der Waals surface area contributed by atoms with Crippen molar-refractivity contribution in [2.75, 3.05) is 11.1 Å². The molecule has 0 saturated carbocycles. The standard InChI is InChI=1S/C13H8F2N4OS/c14-8-3-1-2-7(10(8)15)12(20)17-11-9(6-16)19-4-5-21-13(19)18-11/h1-3H,4-5H2,(H,17,20). The summed E-state index contributed by atoms with van der Waals surface area (Å²) >= 11 is 1.46. The first-order valence-electron chi connectivity index (χ1n) is 6.00. The largest absolute Gasteiger partial charge is 0.308 e. The lowest BCUT2D eigenvalue weighted by Gasteiger charge is -2.05. The number of halogens is 2. The second-order valence-corrected chi connectivity index (χ2v) is 5.32. The summed E-state index contributed by atoms with van der Waals surface area (Å²) in [7, 11) is 0. The summed E-state index contributed by atoms with van der Waals surface area (Å²) in [6, 6.07) is 5.29. The highest BCUT2D eigenvalue weighted by molar-refractivity contribution is 7.99. The van der Waals surface area contributed by atoms with Gasteiger partial charge in [0.15, 0.2) is 28.3 Å². The molecule has 1 aliphatic rings. The van der Waals surface area contributed by atoms with Crippen LogP contribution in [0.5, 0.6) is 0 Å². The summed E-state index contributed by atoms with van der Waals surface area (Å²) < 4.78 is 28.4. The van der Waals surface area contributed by atoms with E-state index >= 15 is 0 Å². The van der Waals surface area contributed by atoms with E-state index in [2.05, 4.69) is 10.3 Å². The van der Waals surface area contributed by atoms with Crippen molar-refractivity contribution in [3.63, 3.8) is 0 Å². The van der Waals surface area contributed by atoms with Gasteiger partial charge in [0.05, 0.1) is 5.56 Å².